The van der Waals surface area contributed by atoms with Gasteiger partial charge in [-0.3, -0.25) is 9.59 Å². The molecule has 1 aliphatic rings. The van der Waals surface area contributed by atoms with Crippen molar-refractivity contribution in [1.82, 2.24) is 19.6 Å². The van der Waals surface area contributed by atoms with Crippen LogP contribution in [0.25, 0.3) is 0 Å². The van der Waals surface area contributed by atoms with Crippen LogP contribution in [0.5, 0.6) is 0 Å². The van der Waals surface area contributed by atoms with Crippen LogP contribution in [-0.2, 0) is 27.9 Å². The molecule has 32 heavy (non-hydrogen) atoms. The minimum Gasteiger partial charge on any atom is -0.393 e. The lowest BCUT2D eigenvalue weighted by Crippen LogP contribution is -2.36. The first-order valence-electron chi connectivity index (χ1n) is 10.6. The van der Waals surface area contributed by atoms with Crippen molar-refractivity contribution in [3.05, 3.63) is 45.5 Å². The number of nitrogens with two attached hydrogens (primary N) is 2. The lowest BCUT2D eigenvalue weighted by molar-refractivity contribution is -0.121. The number of carbonyl (C=O) groups excluding carboxylic acids is 1. The number of pyridine rings is 2. The standard InChI is InChI=1S/C21H30N6O4S/c1-13-9-17(32(30,31)25-10-15-5-3-4-6-15)20(23)21(29)27(13)12-19(28)24-11-16-7-8-18(22)26-14(16)2/h7-9,15,25H,3-6,10-12,23H2,1-2H3,(H2,22,26)(H,24,28). The van der Waals surface area contributed by atoms with E-state index in [0.29, 0.717) is 29.7 Å². The molecular formula is C21H30N6O4S. The summed E-state index contributed by atoms with van der Waals surface area (Å²) >= 11 is 0. The van der Waals surface area contributed by atoms with Gasteiger partial charge in [0.2, 0.25) is 15.9 Å². The van der Waals surface area contributed by atoms with Crippen molar-refractivity contribution in [3.63, 3.8) is 0 Å². The number of carbonyl (C=O) groups is 1. The van der Waals surface area contributed by atoms with Crippen LogP contribution in [0.3, 0.4) is 0 Å². The maximum absolute atomic E-state index is 12.8. The normalized spacial score (nSPS) is 14.6. The molecule has 1 fully saturated rings. The van der Waals surface area contributed by atoms with Crippen LogP contribution in [0, 0.1) is 19.8 Å². The second-order valence-electron chi connectivity index (χ2n) is 8.21. The predicted octanol–water partition coefficient (Wildman–Crippen LogP) is 0.809. The molecule has 10 nitrogen and oxygen atoms in total. The zero-order valence-electron chi connectivity index (χ0n) is 18.3. The number of aryl methyl sites for hydroxylation is 2. The topological polar surface area (TPSA) is 162 Å². The summed E-state index contributed by atoms with van der Waals surface area (Å²) in [6.07, 6.45) is 4.17. The molecule has 0 aromatic carbocycles. The molecule has 174 valence electrons. The van der Waals surface area contributed by atoms with Gasteiger partial charge in [0.15, 0.2) is 0 Å². The maximum Gasteiger partial charge on any atom is 0.275 e. The number of rotatable bonds is 8. The van der Waals surface area contributed by atoms with E-state index in [4.69, 9.17) is 11.5 Å². The van der Waals surface area contributed by atoms with Gasteiger partial charge in [0.1, 0.15) is 22.9 Å². The molecule has 6 N–H and O–H groups in total. The summed E-state index contributed by atoms with van der Waals surface area (Å²) in [7, 11) is -3.93. The van der Waals surface area contributed by atoms with Gasteiger partial charge in [-0.25, -0.2) is 18.1 Å². The first kappa shape index (κ1) is 23.7. The van der Waals surface area contributed by atoms with E-state index in [1.807, 2.05) is 0 Å². The molecule has 1 amide bonds. The van der Waals surface area contributed by atoms with Gasteiger partial charge in [0.25, 0.3) is 5.56 Å². The summed E-state index contributed by atoms with van der Waals surface area (Å²) in [6.45, 7) is 3.61. The molecule has 1 aliphatic carbocycles. The van der Waals surface area contributed by atoms with Crippen molar-refractivity contribution < 1.29 is 13.2 Å². The molecule has 0 aliphatic heterocycles. The number of anilines is 2. The number of nitrogens with zero attached hydrogens (tertiary/aromatic N) is 2. The Balaban J connectivity index is 1.71. The van der Waals surface area contributed by atoms with E-state index in [2.05, 4.69) is 15.0 Å². The Morgan fingerprint density at radius 2 is 1.91 bits per heavy atom. The fourth-order valence-corrected chi connectivity index (χ4v) is 5.20. The number of nitrogen functional groups attached to an aromatic ring is 2. The summed E-state index contributed by atoms with van der Waals surface area (Å²) in [5.41, 5.74) is 12.2. The van der Waals surface area contributed by atoms with E-state index in [1.165, 1.54) is 6.07 Å². The van der Waals surface area contributed by atoms with E-state index < -0.39 is 27.2 Å². The number of sulfonamides is 1. The Bertz CT molecular complexity index is 1170. The third-order valence-corrected chi connectivity index (χ3v) is 7.29. The zero-order chi connectivity index (χ0) is 23.5. The van der Waals surface area contributed by atoms with E-state index in [0.717, 1.165) is 35.8 Å². The Morgan fingerprint density at radius 1 is 1.22 bits per heavy atom. The molecule has 2 aromatic heterocycles. The monoisotopic (exact) mass is 462 g/mol. The number of aromatic nitrogens is 2. The minimum atomic E-state index is -3.93. The molecule has 0 spiro atoms. The minimum absolute atomic E-state index is 0.221. The molecule has 0 bridgehead atoms. The first-order chi connectivity index (χ1) is 15.1. The van der Waals surface area contributed by atoms with Gasteiger partial charge in [-0.15, -0.1) is 0 Å². The van der Waals surface area contributed by atoms with Crippen molar-refractivity contribution in [1.29, 1.82) is 0 Å². The van der Waals surface area contributed by atoms with Gasteiger partial charge in [0, 0.05) is 24.5 Å². The quantitative estimate of drug-likeness (QED) is 0.451. The van der Waals surface area contributed by atoms with Gasteiger partial charge in [0.05, 0.1) is 0 Å². The lowest BCUT2D eigenvalue weighted by atomic mass is 10.1. The van der Waals surface area contributed by atoms with E-state index >= 15 is 0 Å². The Hall–Kier alpha value is -2.92. The van der Waals surface area contributed by atoms with Crippen molar-refractivity contribution >= 4 is 27.4 Å². The molecule has 0 saturated heterocycles. The Morgan fingerprint density at radius 3 is 2.56 bits per heavy atom. The SMILES string of the molecule is Cc1nc(N)ccc1CNC(=O)Cn1c(C)cc(S(=O)(=O)NCC2CCCC2)c(N)c1=O. The van der Waals surface area contributed by atoms with Crippen LogP contribution < -0.4 is 27.1 Å². The fourth-order valence-electron chi connectivity index (χ4n) is 3.88. The van der Waals surface area contributed by atoms with E-state index in [1.54, 1.807) is 26.0 Å². The van der Waals surface area contributed by atoms with Crippen LogP contribution in [0.2, 0.25) is 0 Å². The highest BCUT2D eigenvalue weighted by molar-refractivity contribution is 7.89. The third-order valence-electron chi connectivity index (χ3n) is 5.83. The van der Waals surface area contributed by atoms with Crippen LogP contribution in [0.4, 0.5) is 11.5 Å². The molecule has 1 saturated carbocycles. The smallest absolute Gasteiger partial charge is 0.275 e. The van der Waals surface area contributed by atoms with Crippen LogP contribution >= 0.6 is 0 Å². The molecule has 0 unspecified atom stereocenters. The summed E-state index contributed by atoms with van der Waals surface area (Å²) in [6, 6.07) is 4.74. The van der Waals surface area contributed by atoms with Crippen molar-refractivity contribution in [2.75, 3.05) is 18.0 Å². The summed E-state index contributed by atoms with van der Waals surface area (Å²) < 4.78 is 29.2. The maximum atomic E-state index is 12.8. The summed E-state index contributed by atoms with van der Waals surface area (Å²) in [4.78, 5) is 29.1. The predicted molar refractivity (Wildman–Crippen MR) is 122 cm³/mol. The average molecular weight is 463 g/mol. The highest BCUT2D eigenvalue weighted by Gasteiger charge is 2.24. The Kier molecular flexibility index (Phi) is 7.19. The fraction of sp³-hybridized carbons (Fsp3) is 0.476. The second kappa shape index (κ2) is 9.70. The van der Waals surface area contributed by atoms with Gasteiger partial charge >= 0.3 is 0 Å². The second-order valence-corrected chi connectivity index (χ2v) is 9.95. The van der Waals surface area contributed by atoms with Gasteiger partial charge in [-0.2, -0.15) is 0 Å². The molecular weight excluding hydrogens is 432 g/mol. The molecule has 2 heterocycles. The van der Waals surface area contributed by atoms with Gasteiger partial charge in [-0.1, -0.05) is 18.9 Å². The van der Waals surface area contributed by atoms with Gasteiger partial charge < -0.3 is 21.4 Å². The number of amides is 1. The third kappa shape index (κ3) is 5.46. The average Bonchev–Trinajstić information content (AvgIpc) is 3.25. The molecule has 11 heteroatoms. The van der Waals surface area contributed by atoms with Gasteiger partial charge in [-0.05, 0) is 50.3 Å². The van der Waals surface area contributed by atoms with Crippen molar-refractivity contribution in [3.8, 4) is 0 Å². The number of nitrogens with one attached hydrogen (secondary N) is 2. The molecule has 0 radical (unpaired) electrons. The largest absolute Gasteiger partial charge is 0.393 e. The number of hydrogen-bond donors (Lipinski definition) is 4. The van der Waals surface area contributed by atoms with Crippen LogP contribution in [-0.4, -0.2) is 30.4 Å². The van der Waals surface area contributed by atoms with E-state index in [9.17, 15) is 18.0 Å². The van der Waals surface area contributed by atoms with Crippen molar-refractivity contribution in [2.45, 2.75) is 57.5 Å². The molecule has 0 atom stereocenters. The Labute approximate surface area is 187 Å². The zero-order valence-corrected chi connectivity index (χ0v) is 19.2. The number of hydrogen-bond acceptors (Lipinski definition) is 7. The molecule has 3 rings (SSSR count). The summed E-state index contributed by atoms with van der Waals surface area (Å²) in [5, 5.41) is 2.73. The van der Waals surface area contributed by atoms with E-state index in [-0.39, 0.29) is 18.0 Å². The first-order valence-corrected chi connectivity index (χ1v) is 12.0. The lowest BCUT2D eigenvalue weighted by Gasteiger charge is -2.16. The van der Waals surface area contributed by atoms with Crippen LogP contribution in [0.15, 0.2) is 27.9 Å². The van der Waals surface area contributed by atoms with Crippen molar-refractivity contribution in [2.24, 2.45) is 5.92 Å². The van der Waals surface area contributed by atoms with Crippen LogP contribution in [0.1, 0.15) is 42.6 Å². The summed E-state index contributed by atoms with van der Waals surface area (Å²) in [5.74, 6) is 0.278. The highest BCUT2D eigenvalue weighted by Crippen LogP contribution is 2.25. The highest BCUT2D eigenvalue weighted by atomic mass is 32.2. The molecule has 2 aromatic rings.